The molecule has 2 aromatic carbocycles. The van der Waals surface area contributed by atoms with Crippen LogP contribution in [0.2, 0.25) is 0 Å². The molecule has 2 aromatic rings. The lowest BCUT2D eigenvalue weighted by Gasteiger charge is -2.36. The number of aryl methyl sites for hydroxylation is 1. The molecule has 178 valence electrons. The summed E-state index contributed by atoms with van der Waals surface area (Å²) in [6, 6.07) is 8.73. The van der Waals surface area contributed by atoms with Crippen LogP contribution in [0.15, 0.2) is 30.3 Å². The van der Waals surface area contributed by atoms with E-state index >= 15 is 0 Å². The summed E-state index contributed by atoms with van der Waals surface area (Å²) in [6.45, 7) is 12.7. The highest BCUT2D eigenvalue weighted by Gasteiger charge is 2.18. The molecule has 0 aromatic heterocycles. The number of carbonyl (C=O) groups excluding carboxylic acids is 1. The smallest absolute Gasteiger partial charge is 0.308 e. The second-order valence-corrected chi connectivity index (χ2v) is 8.52. The molecule has 0 atom stereocenters. The van der Waals surface area contributed by atoms with Gasteiger partial charge in [-0.1, -0.05) is 0 Å². The predicted molar refractivity (Wildman–Crippen MR) is 128 cm³/mol. The van der Waals surface area contributed by atoms with Crippen LogP contribution in [0, 0.1) is 30.9 Å². The average molecular weight is 456 g/mol. The number of rotatable bonds is 9. The van der Waals surface area contributed by atoms with Gasteiger partial charge in [0, 0.05) is 50.9 Å². The molecule has 8 nitrogen and oxygen atoms in total. The predicted octanol–water partition coefficient (Wildman–Crippen LogP) is 4.43. The Kier molecular flexibility index (Phi) is 8.27. The molecular weight excluding hydrogens is 422 g/mol. The fourth-order valence-electron chi connectivity index (χ4n) is 4.11. The fraction of sp³-hybridized carbons (Fsp3) is 0.480. The zero-order chi connectivity index (χ0) is 24.0. The maximum absolute atomic E-state index is 11.3. The Morgan fingerprint density at radius 3 is 2.30 bits per heavy atom. The summed E-state index contributed by atoms with van der Waals surface area (Å²) in [5, 5.41) is 10.8. The molecule has 0 unspecified atom stereocenters. The van der Waals surface area contributed by atoms with E-state index in [-0.39, 0.29) is 16.6 Å². The molecule has 0 amide bonds. The van der Waals surface area contributed by atoms with Crippen molar-refractivity contribution < 1.29 is 19.2 Å². The van der Waals surface area contributed by atoms with Crippen molar-refractivity contribution in [3.05, 3.63) is 57.1 Å². The van der Waals surface area contributed by atoms with Crippen molar-refractivity contribution in [3.63, 3.8) is 0 Å². The van der Waals surface area contributed by atoms with Crippen LogP contribution in [0.25, 0.3) is 0 Å². The lowest BCUT2D eigenvalue weighted by Crippen LogP contribution is -2.46. The van der Waals surface area contributed by atoms with Crippen molar-refractivity contribution in [2.24, 2.45) is 0 Å². The molecule has 0 bridgehead atoms. The number of nitrogens with zero attached hydrogens (tertiary/aromatic N) is 3. The molecule has 0 spiro atoms. The Hall–Kier alpha value is -3.13. The number of unbranched alkanes of at least 4 members (excludes halogenated alkanes) is 1. The first kappa shape index (κ1) is 24.5. The van der Waals surface area contributed by atoms with E-state index in [1.807, 2.05) is 39.0 Å². The molecule has 1 aliphatic rings. The lowest BCUT2D eigenvalue weighted by molar-refractivity contribution is -0.384. The Morgan fingerprint density at radius 2 is 1.70 bits per heavy atom. The summed E-state index contributed by atoms with van der Waals surface area (Å²) < 4.78 is 11.4. The maximum atomic E-state index is 11.3. The summed E-state index contributed by atoms with van der Waals surface area (Å²) in [6.07, 6.45) is 2.02. The zero-order valence-electron chi connectivity index (χ0n) is 19.9. The van der Waals surface area contributed by atoms with E-state index in [9.17, 15) is 14.9 Å². The molecule has 1 fully saturated rings. The quantitative estimate of drug-likeness (QED) is 0.182. The van der Waals surface area contributed by atoms with Crippen LogP contribution >= 0.6 is 0 Å². The molecule has 1 saturated heterocycles. The highest BCUT2D eigenvalue weighted by Crippen LogP contribution is 2.33. The highest BCUT2D eigenvalue weighted by atomic mass is 16.6. The molecule has 0 N–H and O–H groups in total. The van der Waals surface area contributed by atoms with Gasteiger partial charge in [0.05, 0.1) is 11.5 Å². The van der Waals surface area contributed by atoms with Gasteiger partial charge in [-0.25, -0.2) is 0 Å². The molecule has 3 rings (SSSR count). The minimum atomic E-state index is -0.368. The molecule has 0 saturated carbocycles. The monoisotopic (exact) mass is 455 g/mol. The normalized spacial score (nSPS) is 14.2. The standard InChI is InChI=1S/C25H33N3O5/c1-18-17-24(19(2)20(3)25(18)33-21(4)29)32-16-6-5-11-26-12-14-27(15-13-26)22-7-9-23(10-8-22)28(30)31/h7-10,17H,5-6,11-16H2,1-4H3. The van der Waals surface area contributed by atoms with Gasteiger partial charge in [-0.2, -0.15) is 0 Å². The number of nitro groups is 1. The van der Waals surface area contributed by atoms with E-state index in [4.69, 9.17) is 9.47 Å². The second kappa shape index (κ2) is 11.1. The van der Waals surface area contributed by atoms with Crippen molar-refractivity contribution in [3.8, 4) is 11.5 Å². The van der Waals surface area contributed by atoms with Crippen LogP contribution in [0.5, 0.6) is 11.5 Å². The maximum Gasteiger partial charge on any atom is 0.308 e. The number of piperazine rings is 1. The molecule has 1 aliphatic heterocycles. The molecule has 8 heteroatoms. The van der Waals surface area contributed by atoms with Gasteiger partial charge >= 0.3 is 5.97 Å². The van der Waals surface area contributed by atoms with Crippen LogP contribution in [0.4, 0.5) is 11.4 Å². The van der Waals surface area contributed by atoms with Crippen molar-refractivity contribution in [1.82, 2.24) is 4.90 Å². The number of benzene rings is 2. The van der Waals surface area contributed by atoms with Crippen LogP contribution in [0.3, 0.4) is 0 Å². The van der Waals surface area contributed by atoms with Crippen molar-refractivity contribution in [2.45, 2.75) is 40.5 Å². The van der Waals surface area contributed by atoms with E-state index in [2.05, 4.69) is 9.80 Å². The summed E-state index contributed by atoms with van der Waals surface area (Å²) in [4.78, 5) is 26.5. The summed E-state index contributed by atoms with van der Waals surface area (Å²) in [7, 11) is 0. The Labute approximate surface area is 195 Å². The Bertz CT molecular complexity index is 983. The van der Waals surface area contributed by atoms with E-state index < -0.39 is 0 Å². The first-order valence-electron chi connectivity index (χ1n) is 11.4. The average Bonchev–Trinajstić information content (AvgIpc) is 2.80. The van der Waals surface area contributed by atoms with Crippen LogP contribution in [-0.2, 0) is 4.79 Å². The SMILES string of the molecule is CC(=O)Oc1c(C)cc(OCCCCN2CCN(c3ccc([N+](=O)[O-])cc3)CC2)c(C)c1C. The minimum absolute atomic E-state index is 0.125. The first-order chi connectivity index (χ1) is 15.8. The van der Waals surface area contributed by atoms with Gasteiger partial charge in [0.2, 0.25) is 0 Å². The van der Waals surface area contributed by atoms with Crippen LogP contribution in [-0.4, -0.2) is 55.1 Å². The van der Waals surface area contributed by atoms with E-state index in [0.717, 1.165) is 73.7 Å². The van der Waals surface area contributed by atoms with E-state index in [1.165, 1.54) is 6.92 Å². The largest absolute Gasteiger partial charge is 0.493 e. The number of carbonyl (C=O) groups is 1. The number of hydrogen-bond donors (Lipinski definition) is 0. The first-order valence-corrected chi connectivity index (χ1v) is 11.4. The van der Waals surface area contributed by atoms with Crippen molar-refractivity contribution in [2.75, 3.05) is 44.2 Å². The Balaban J connectivity index is 1.39. The van der Waals surface area contributed by atoms with Crippen molar-refractivity contribution >= 4 is 17.3 Å². The molecule has 0 aliphatic carbocycles. The second-order valence-electron chi connectivity index (χ2n) is 8.52. The van der Waals surface area contributed by atoms with Gasteiger partial charge in [0.15, 0.2) is 0 Å². The van der Waals surface area contributed by atoms with Gasteiger partial charge in [-0.3, -0.25) is 19.8 Å². The Morgan fingerprint density at radius 1 is 1.03 bits per heavy atom. The molecule has 33 heavy (non-hydrogen) atoms. The number of non-ortho nitro benzene ring substituents is 1. The highest BCUT2D eigenvalue weighted by molar-refractivity contribution is 5.71. The number of nitro benzene ring substituents is 1. The van der Waals surface area contributed by atoms with Crippen molar-refractivity contribution in [1.29, 1.82) is 0 Å². The number of hydrogen-bond acceptors (Lipinski definition) is 7. The number of anilines is 1. The number of esters is 1. The van der Waals surface area contributed by atoms with Gasteiger partial charge < -0.3 is 14.4 Å². The molecule has 0 radical (unpaired) electrons. The van der Waals surface area contributed by atoms with E-state index in [0.29, 0.717) is 12.4 Å². The fourth-order valence-corrected chi connectivity index (χ4v) is 4.11. The van der Waals surface area contributed by atoms with Crippen LogP contribution in [0.1, 0.15) is 36.5 Å². The molecular formula is C25H33N3O5. The number of ether oxygens (including phenoxy) is 2. The minimum Gasteiger partial charge on any atom is -0.493 e. The zero-order valence-corrected chi connectivity index (χ0v) is 19.9. The van der Waals surface area contributed by atoms with Gasteiger partial charge in [0.1, 0.15) is 11.5 Å². The van der Waals surface area contributed by atoms with E-state index in [1.54, 1.807) is 12.1 Å². The summed E-state index contributed by atoms with van der Waals surface area (Å²) >= 11 is 0. The third-order valence-electron chi connectivity index (χ3n) is 6.15. The molecule has 1 heterocycles. The summed E-state index contributed by atoms with van der Waals surface area (Å²) in [5.74, 6) is 1.15. The summed E-state index contributed by atoms with van der Waals surface area (Å²) in [5.41, 5.74) is 3.99. The third kappa shape index (κ3) is 6.44. The van der Waals surface area contributed by atoms with Crippen LogP contribution < -0.4 is 14.4 Å². The van der Waals surface area contributed by atoms with Gasteiger partial charge in [-0.15, -0.1) is 0 Å². The lowest BCUT2D eigenvalue weighted by atomic mass is 10.0. The topological polar surface area (TPSA) is 85.2 Å². The van der Waals surface area contributed by atoms with Gasteiger partial charge in [-0.05, 0) is 75.0 Å². The van der Waals surface area contributed by atoms with Gasteiger partial charge in [0.25, 0.3) is 5.69 Å². The third-order valence-corrected chi connectivity index (χ3v) is 6.15.